The number of hydrogen-bond acceptors (Lipinski definition) is 4. The Kier molecular flexibility index (Phi) is 3.88. The predicted molar refractivity (Wildman–Crippen MR) is 72.1 cm³/mol. The molecule has 1 aromatic rings. The van der Waals surface area contributed by atoms with Gasteiger partial charge >= 0.3 is 0 Å². The Hall–Kier alpha value is -1.44. The molecule has 1 aliphatic rings. The third kappa shape index (κ3) is 3.12. The molecule has 0 radical (unpaired) electrons. The Bertz CT molecular complexity index is 568. The molecule has 0 spiro atoms. The Labute approximate surface area is 112 Å². The summed E-state index contributed by atoms with van der Waals surface area (Å²) in [5.74, 6) is -0.193. The summed E-state index contributed by atoms with van der Waals surface area (Å²) in [4.78, 5) is 11.1. The highest BCUT2D eigenvalue weighted by atomic mass is 32.2. The van der Waals surface area contributed by atoms with Crippen molar-refractivity contribution in [3.63, 3.8) is 0 Å². The van der Waals surface area contributed by atoms with Crippen molar-refractivity contribution < 1.29 is 13.2 Å². The molecule has 0 unspecified atom stereocenters. The first-order chi connectivity index (χ1) is 8.89. The molecule has 1 fully saturated rings. The van der Waals surface area contributed by atoms with Gasteiger partial charge in [0.05, 0.1) is 4.90 Å². The molecule has 0 aromatic heterocycles. The van der Waals surface area contributed by atoms with Crippen LogP contribution in [0.15, 0.2) is 29.2 Å². The summed E-state index contributed by atoms with van der Waals surface area (Å²) in [7, 11) is -3.48. The van der Waals surface area contributed by atoms with Gasteiger partial charge in [0.25, 0.3) is 0 Å². The average molecular weight is 283 g/mol. The minimum absolute atomic E-state index is 0.0894. The molecule has 3 N–H and O–H groups in total. The molecule has 104 valence electrons. The van der Waals surface area contributed by atoms with Crippen molar-refractivity contribution in [2.24, 2.45) is 5.73 Å². The number of carbonyl (C=O) groups is 1. The topological polar surface area (TPSA) is 92.5 Å². The van der Waals surface area contributed by atoms with Gasteiger partial charge in [0.1, 0.15) is 0 Å². The molecule has 1 saturated heterocycles. The molecule has 1 aliphatic heterocycles. The molecular formula is C12H17N3O3S. The van der Waals surface area contributed by atoms with Gasteiger partial charge < -0.3 is 11.1 Å². The van der Waals surface area contributed by atoms with Crippen molar-refractivity contribution in [2.45, 2.75) is 24.3 Å². The molecule has 19 heavy (non-hydrogen) atoms. The molecule has 6 nitrogen and oxygen atoms in total. The lowest BCUT2D eigenvalue weighted by Gasteiger charge is -2.16. The van der Waals surface area contributed by atoms with Crippen LogP contribution >= 0.6 is 0 Å². The van der Waals surface area contributed by atoms with Crippen molar-refractivity contribution in [1.29, 1.82) is 0 Å². The Balaban J connectivity index is 2.19. The number of nitrogens with zero attached hydrogens (tertiary/aromatic N) is 1. The fraction of sp³-hybridized carbons (Fsp3) is 0.417. The second-order valence-electron chi connectivity index (χ2n) is 4.62. The summed E-state index contributed by atoms with van der Waals surface area (Å²) in [5.41, 5.74) is 6.30. The number of nitrogens with two attached hydrogens (primary N) is 1. The number of anilines is 1. The SMILES string of the molecule is CC(=O)Nc1ccc(S(=O)(=O)N2CC[C@@H](N)C2)cc1. The van der Waals surface area contributed by atoms with E-state index in [1.54, 1.807) is 12.1 Å². The lowest BCUT2D eigenvalue weighted by Crippen LogP contribution is -2.31. The van der Waals surface area contributed by atoms with Crippen molar-refractivity contribution in [3.05, 3.63) is 24.3 Å². The number of benzene rings is 1. The van der Waals surface area contributed by atoms with Crippen LogP contribution in [0.4, 0.5) is 5.69 Å². The first kappa shape index (κ1) is 14.0. The van der Waals surface area contributed by atoms with Crippen LogP contribution in [0.25, 0.3) is 0 Å². The van der Waals surface area contributed by atoms with E-state index >= 15 is 0 Å². The van der Waals surface area contributed by atoms with E-state index in [1.165, 1.54) is 23.4 Å². The van der Waals surface area contributed by atoms with E-state index in [1.807, 2.05) is 0 Å². The van der Waals surface area contributed by atoms with Crippen LogP contribution < -0.4 is 11.1 Å². The zero-order valence-corrected chi connectivity index (χ0v) is 11.5. The molecule has 1 heterocycles. The van der Waals surface area contributed by atoms with Crippen LogP contribution in [0.5, 0.6) is 0 Å². The number of hydrogen-bond donors (Lipinski definition) is 2. The smallest absolute Gasteiger partial charge is 0.243 e. The summed E-state index contributed by atoms with van der Waals surface area (Å²) in [6, 6.07) is 6.04. The summed E-state index contributed by atoms with van der Waals surface area (Å²) in [6.07, 6.45) is 0.684. The van der Waals surface area contributed by atoms with E-state index in [0.29, 0.717) is 25.2 Å². The van der Waals surface area contributed by atoms with E-state index in [4.69, 9.17) is 5.73 Å². The molecule has 2 rings (SSSR count). The largest absolute Gasteiger partial charge is 0.326 e. The van der Waals surface area contributed by atoms with Gasteiger partial charge in [-0.05, 0) is 30.7 Å². The van der Waals surface area contributed by atoms with Gasteiger partial charge in [0, 0.05) is 31.7 Å². The van der Waals surface area contributed by atoms with Gasteiger partial charge in [-0.2, -0.15) is 4.31 Å². The number of rotatable bonds is 3. The minimum atomic E-state index is -3.48. The van der Waals surface area contributed by atoms with Crippen LogP contribution in [-0.2, 0) is 14.8 Å². The zero-order valence-electron chi connectivity index (χ0n) is 10.7. The first-order valence-electron chi connectivity index (χ1n) is 6.03. The summed E-state index contributed by atoms with van der Waals surface area (Å²) in [5, 5.41) is 2.59. The predicted octanol–water partition coefficient (Wildman–Crippen LogP) is 0.367. The third-order valence-corrected chi connectivity index (χ3v) is 4.88. The lowest BCUT2D eigenvalue weighted by molar-refractivity contribution is -0.114. The molecule has 0 bridgehead atoms. The normalized spacial score (nSPS) is 20.4. The summed E-state index contributed by atoms with van der Waals surface area (Å²) < 4.78 is 26.0. The molecule has 7 heteroatoms. The van der Waals surface area contributed by atoms with Crippen LogP contribution in [0.1, 0.15) is 13.3 Å². The van der Waals surface area contributed by atoms with Gasteiger partial charge in [-0.3, -0.25) is 4.79 Å². The Morgan fingerprint density at radius 1 is 1.37 bits per heavy atom. The number of carbonyl (C=O) groups excluding carboxylic acids is 1. The molecule has 0 aliphatic carbocycles. The maximum Gasteiger partial charge on any atom is 0.243 e. The summed E-state index contributed by atoms with van der Waals surface area (Å²) >= 11 is 0. The van der Waals surface area contributed by atoms with Crippen LogP contribution in [0.2, 0.25) is 0 Å². The van der Waals surface area contributed by atoms with E-state index in [-0.39, 0.29) is 16.8 Å². The molecule has 1 atom stereocenters. The Morgan fingerprint density at radius 2 is 2.00 bits per heavy atom. The highest BCUT2D eigenvalue weighted by Gasteiger charge is 2.30. The van der Waals surface area contributed by atoms with Crippen molar-refractivity contribution in [3.8, 4) is 0 Å². The molecule has 1 aromatic carbocycles. The fourth-order valence-electron chi connectivity index (χ4n) is 2.03. The quantitative estimate of drug-likeness (QED) is 0.838. The number of sulfonamides is 1. The lowest BCUT2D eigenvalue weighted by atomic mass is 10.3. The van der Waals surface area contributed by atoms with Gasteiger partial charge in [-0.15, -0.1) is 0 Å². The highest BCUT2D eigenvalue weighted by Crippen LogP contribution is 2.21. The van der Waals surface area contributed by atoms with Gasteiger partial charge in [-0.1, -0.05) is 0 Å². The summed E-state index contributed by atoms with van der Waals surface area (Å²) in [6.45, 7) is 2.21. The van der Waals surface area contributed by atoms with E-state index < -0.39 is 10.0 Å². The fourth-order valence-corrected chi connectivity index (χ4v) is 3.55. The second-order valence-corrected chi connectivity index (χ2v) is 6.56. The van der Waals surface area contributed by atoms with Crippen molar-refractivity contribution in [2.75, 3.05) is 18.4 Å². The zero-order chi connectivity index (χ0) is 14.0. The molecular weight excluding hydrogens is 266 g/mol. The third-order valence-electron chi connectivity index (χ3n) is 3.00. The second kappa shape index (κ2) is 5.28. The minimum Gasteiger partial charge on any atom is -0.326 e. The van der Waals surface area contributed by atoms with Crippen molar-refractivity contribution >= 4 is 21.6 Å². The van der Waals surface area contributed by atoms with Crippen LogP contribution in [-0.4, -0.2) is 37.8 Å². The number of nitrogens with one attached hydrogen (secondary N) is 1. The van der Waals surface area contributed by atoms with E-state index in [0.717, 1.165) is 0 Å². The van der Waals surface area contributed by atoms with E-state index in [2.05, 4.69) is 5.32 Å². The molecule has 1 amide bonds. The molecule has 0 saturated carbocycles. The standard InChI is InChI=1S/C12H17N3O3S/c1-9(16)14-11-2-4-12(5-3-11)19(17,18)15-7-6-10(13)8-15/h2-5,10H,6-8,13H2,1H3,(H,14,16)/t10-/m1/s1. The average Bonchev–Trinajstić information content (AvgIpc) is 2.76. The van der Waals surface area contributed by atoms with Crippen molar-refractivity contribution in [1.82, 2.24) is 4.31 Å². The highest BCUT2D eigenvalue weighted by molar-refractivity contribution is 7.89. The van der Waals surface area contributed by atoms with E-state index in [9.17, 15) is 13.2 Å². The van der Waals surface area contributed by atoms with Gasteiger partial charge in [-0.25, -0.2) is 8.42 Å². The van der Waals surface area contributed by atoms with Crippen LogP contribution in [0.3, 0.4) is 0 Å². The first-order valence-corrected chi connectivity index (χ1v) is 7.47. The maximum absolute atomic E-state index is 12.3. The van der Waals surface area contributed by atoms with Gasteiger partial charge in [0.15, 0.2) is 0 Å². The number of amides is 1. The van der Waals surface area contributed by atoms with Gasteiger partial charge in [0.2, 0.25) is 15.9 Å². The monoisotopic (exact) mass is 283 g/mol. The van der Waals surface area contributed by atoms with Crippen LogP contribution in [0, 0.1) is 0 Å². The maximum atomic E-state index is 12.3. The Morgan fingerprint density at radius 3 is 2.47 bits per heavy atom.